The zero-order chi connectivity index (χ0) is 20.6. The third-order valence-electron chi connectivity index (χ3n) is 4.80. The van der Waals surface area contributed by atoms with Crippen molar-refractivity contribution >= 4 is 17.7 Å². The molecule has 1 unspecified atom stereocenters. The second kappa shape index (κ2) is 7.45. The van der Waals surface area contributed by atoms with E-state index in [1.807, 2.05) is 6.26 Å². The maximum atomic E-state index is 12.3. The highest BCUT2D eigenvalue weighted by Crippen LogP contribution is 2.35. The van der Waals surface area contributed by atoms with Gasteiger partial charge in [-0.25, -0.2) is 15.0 Å². The van der Waals surface area contributed by atoms with Crippen LogP contribution in [0.25, 0.3) is 22.8 Å². The standard InChI is InChI=1S/C19H19N5O4S/c1-24-7-5-19(26,17(24)25)16-10-15(23-28-16)14-9-11(27-2)8-13(21-14)12-4-6-20-18(22-12)29-3/h4,6,8-10,26H,5,7H2,1-3H3. The lowest BCUT2D eigenvalue weighted by molar-refractivity contribution is -0.144. The minimum atomic E-state index is -1.71. The van der Waals surface area contributed by atoms with Gasteiger partial charge < -0.3 is 19.3 Å². The van der Waals surface area contributed by atoms with E-state index >= 15 is 0 Å². The molecule has 0 spiro atoms. The number of nitrogens with zero attached hydrogens (tertiary/aromatic N) is 5. The van der Waals surface area contributed by atoms with E-state index < -0.39 is 11.5 Å². The molecule has 1 aliphatic heterocycles. The van der Waals surface area contributed by atoms with Gasteiger partial charge in [-0.05, 0) is 12.3 Å². The van der Waals surface area contributed by atoms with Gasteiger partial charge in [-0.3, -0.25) is 4.79 Å². The Kier molecular flexibility index (Phi) is 4.97. The first-order valence-electron chi connectivity index (χ1n) is 8.83. The number of methoxy groups -OCH3 is 1. The number of aromatic nitrogens is 4. The minimum Gasteiger partial charge on any atom is -0.497 e. The second-order valence-electron chi connectivity index (χ2n) is 6.62. The molecule has 1 saturated heterocycles. The smallest absolute Gasteiger partial charge is 0.262 e. The molecule has 3 aromatic heterocycles. The number of pyridine rings is 1. The van der Waals surface area contributed by atoms with Crippen molar-refractivity contribution in [3.63, 3.8) is 0 Å². The summed E-state index contributed by atoms with van der Waals surface area (Å²) in [4.78, 5) is 27.0. The third-order valence-corrected chi connectivity index (χ3v) is 5.36. The summed E-state index contributed by atoms with van der Waals surface area (Å²) in [5.41, 5.74) is 0.370. The number of rotatable bonds is 5. The van der Waals surface area contributed by atoms with Gasteiger partial charge >= 0.3 is 0 Å². The SMILES string of the molecule is COc1cc(-c2cc(C3(O)CCN(C)C3=O)on2)nc(-c2ccnc(SC)n2)c1. The number of carbonyl (C=O) groups excluding carboxylic acids is 1. The quantitative estimate of drug-likeness (QED) is 0.495. The number of amides is 1. The van der Waals surface area contributed by atoms with Crippen molar-refractivity contribution in [2.45, 2.75) is 17.2 Å². The lowest BCUT2D eigenvalue weighted by Gasteiger charge is -2.16. The fourth-order valence-electron chi connectivity index (χ4n) is 3.14. The number of hydrogen-bond donors (Lipinski definition) is 1. The molecule has 1 amide bonds. The van der Waals surface area contributed by atoms with Gasteiger partial charge in [-0.2, -0.15) is 0 Å². The average Bonchev–Trinajstić information content (AvgIpc) is 3.36. The topological polar surface area (TPSA) is 114 Å². The van der Waals surface area contributed by atoms with Crippen LogP contribution in [-0.4, -0.2) is 63.0 Å². The van der Waals surface area contributed by atoms with Crippen LogP contribution in [0.1, 0.15) is 12.2 Å². The molecule has 10 heteroatoms. The molecule has 29 heavy (non-hydrogen) atoms. The number of likely N-dealkylation sites (N-methyl/N-ethyl adjacent to an activating group) is 1. The van der Waals surface area contributed by atoms with E-state index in [1.54, 1.807) is 38.6 Å². The van der Waals surface area contributed by atoms with Crippen molar-refractivity contribution in [2.75, 3.05) is 27.0 Å². The summed E-state index contributed by atoms with van der Waals surface area (Å²) in [5.74, 6) is 0.249. The summed E-state index contributed by atoms with van der Waals surface area (Å²) in [7, 11) is 3.19. The number of aliphatic hydroxyl groups is 1. The maximum absolute atomic E-state index is 12.3. The highest BCUT2D eigenvalue weighted by Gasteiger charge is 2.48. The molecule has 1 aliphatic rings. The Labute approximate surface area is 171 Å². The Hall–Kier alpha value is -2.98. The van der Waals surface area contributed by atoms with Crippen LogP contribution in [0.3, 0.4) is 0 Å². The molecule has 1 N–H and O–H groups in total. The maximum Gasteiger partial charge on any atom is 0.262 e. The monoisotopic (exact) mass is 413 g/mol. The molecule has 0 saturated carbocycles. The second-order valence-corrected chi connectivity index (χ2v) is 7.39. The average molecular weight is 413 g/mol. The number of ether oxygens (including phenoxy) is 1. The molecule has 1 fully saturated rings. The van der Waals surface area contributed by atoms with Gasteiger partial charge in [-0.1, -0.05) is 16.9 Å². The molecule has 0 bridgehead atoms. The van der Waals surface area contributed by atoms with Crippen LogP contribution in [-0.2, 0) is 10.4 Å². The van der Waals surface area contributed by atoms with Crippen LogP contribution in [0.2, 0.25) is 0 Å². The third kappa shape index (κ3) is 3.45. The lowest BCUT2D eigenvalue weighted by Crippen LogP contribution is -2.35. The molecule has 9 nitrogen and oxygen atoms in total. The van der Waals surface area contributed by atoms with Crippen LogP contribution in [0.5, 0.6) is 5.75 Å². The Morgan fingerprint density at radius 3 is 2.62 bits per heavy atom. The Bertz CT molecular complexity index is 1070. The van der Waals surface area contributed by atoms with E-state index in [0.29, 0.717) is 40.2 Å². The fraction of sp³-hybridized carbons (Fsp3) is 0.316. The largest absolute Gasteiger partial charge is 0.497 e. The summed E-state index contributed by atoms with van der Waals surface area (Å²) >= 11 is 1.43. The predicted octanol–water partition coefficient (Wildman–Crippen LogP) is 1.97. The van der Waals surface area contributed by atoms with Crippen molar-refractivity contribution in [1.29, 1.82) is 0 Å². The molecule has 0 aliphatic carbocycles. The summed E-state index contributed by atoms with van der Waals surface area (Å²) in [5, 5.41) is 15.4. The lowest BCUT2D eigenvalue weighted by atomic mass is 9.98. The molecular formula is C19H19N5O4S. The van der Waals surface area contributed by atoms with E-state index in [0.717, 1.165) is 0 Å². The van der Waals surface area contributed by atoms with E-state index in [2.05, 4.69) is 20.1 Å². The van der Waals surface area contributed by atoms with Gasteiger partial charge in [-0.15, -0.1) is 0 Å². The Morgan fingerprint density at radius 2 is 1.97 bits per heavy atom. The minimum absolute atomic E-state index is 0.0970. The number of hydrogen-bond acceptors (Lipinski definition) is 9. The molecule has 3 aromatic rings. The van der Waals surface area contributed by atoms with Crippen LogP contribution < -0.4 is 4.74 Å². The van der Waals surface area contributed by atoms with Crippen molar-refractivity contribution in [3.8, 4) is 28.5 Å². The molecule has 0 radical (unpaired) electrons. The summed E-state index contributed by atoms with van der Waals surface area (Å²) in [6, 6.07) is 6.76. The van der Waals surface area contributed by atoms with Crippen molar-refractivity contribution in [3.05, 3.63) is 36.2 Å². The van der Waals surface area contributed by atoms with Gasteiger partial charge in [0.1, 0.15) is 11.4 Å². The van der Waals surface area contributed by atoms with E-state index in [4.69, 9.17) is 9.26 Å². The Morgan fingerprint density at radius 1 is 1.21 bits per heavy atom. The Balaban J connectivity index is 1.74. The van der Waals surface area contributed by atoms with Crippen molar-refractivity contribution in [2.24, 2.45) is 0 Å². The molecule has 150 valence electrons. The summed E-state index contributed by atoms with van der Waals surface area (Å²) in [6.45, 7) is 0.443. The van der Waals surface area contributed by atoms with Crippen LogP contribution >= 0.6 is 11.8 Å². The number of carbonyl (C=O) groups is 1. The normalized spacial score (nSPS) is 19.0. The van der Waals surface area contributed by atoms with Crippen LogP contribution in [0.4, 0.5) is 0 Å². The molecule has 0 aromatic carbocycles. The van der Waals surface area contributed by atoms with E-state index in [-0.39, 0.29) is 12.2 Å². The van der Waals surface area contributed by atoms with E-state index in [1.165, 1.54) is 22.7 Å². The zero-order valence-electron chi connectivity index (χ0n) is 16.1. The van der Waals surface area contributed by atoms with Crippen molar-refractivity contribution in [1.82, 2.24) is 25.0 Å². The zero-order valence-corrected chi connectivity index (χ0v) is 16.9. The molecular weight excluding hydrogens is 394 g/mol. The predicted molar refractivity (Wildman–Crippen MR) is 105 cm³/mol. The first kappa shape index (κ1) is 19.3. The fourth-order valence-corrected chi connectivity index (χ4v) is 3.50. The van der Waals surface area contributed by atoms with Crippen LogP contribution in [0.15, 0.2) is 40.1 Å². The first-order chi connectivity index (χ1) is 13.9. The molecule has 4 heterocycles. The molecule has 1 atom stereocenters. The van der Waals surface area contributed by atoms with E-state index in [9.17, 15) is 9.90 Å². The van der Waals surface area contributed by atoms with Gasteiger partial charge in [0.05, 0.1) is 24.2 Å². The van der Waals surface area contributed by atoms with Crippen molar-refractivity contribution < 1.29 is 19.2 Å². The van der Waals surface area contributed by atoms with Gasteiger partial charge in [0.15, 0.2) is 10.9 Å². The van der Waals surface area contributed by atoms with Gasteiger partial charge in [0.25, 0.3) is 5.91 Å². The van der Waals surface area contributed by atoms with Gasteiger partial charge in [0, 0.05) is 44.4 Å². The first-order valence-corrected chi connectivity index (χ1v) is 10.1. The van der Waals surface area contributed by atoms with Gasteiger partial charge in [0.2, 0.25) is 5.60 Å². The highest BCUT2D eigenvalue weighted by molar-refractivity contribution is 7.98. The summed E-state index contributed by atoms with van der Waals surface area (Å²) in [6.07, 6.45) is 3.81. The summed E-state index contributed by atoms with van der Waals surface area (Å²) < 4.78 is 10.7. The molecule has 4 rings (SSSR count). The number of thioether (sulfide) groups is 1. The highest BCUT2D eigenvalue weighted by atomic mass is 32.2. The number of likely N-dealkylation sites (tertiary alicyclic amines) is 1. The van der Waals surface area contributed by atoms with Crippen LogP contribution in [0, 0.1) is 0 Å².